The molecule has 0 fully saturated rings. The predicted octanol–water partition coefficient (Wildman–Crippen LogP) is 5.25. The molecule has 0 aromatic heterocycles. The molecule has 0 radical (unpaired) electrons. The topological polar surface area (TPSA) is 62.1 Å². The van der Waals surface area contributed by atoms with Crippen molar-refractivity contribution in [2.24, 2.45) is 0 Å². The van der Waals surface area contributed by atoms with Crippen LogP contribution in [0.4, 0.5) is 5.69 Å². The number of anilines is 1. The smallest absolute Gasteiger partial charge is 0.224 e. The summed E-state index contributed by atoms with van der Waals surface area (Å²) in [5.74, 6) is 0.559. The first-order valence-corrected chi connectivity index (χ1v) is 8.67. The van der Waals surface area contributed by atoms with E-state index in [-0.39, 0.29) is 5.91 Å². The fourth-order valence-electron chi connectivity index (χ4n) is 2.20. The number of hydrogen-bond acceptors (Lipinski definition) is 3. The van der Waals surface area contributed by atoms with Crippen molar-refractivity contribution >= 4 is 34.8 Å². The molecule has 6 heteroatoms. The Morgan fingerprint density at radius 1 is 1.20 bits per heavy atom. The van der Waals surface area contributed by atoms with Crippen LogP contribution < -0.4 is 10.1 Å². The summed E-state index contributed by atoms with van der Waals surface area (Å²) in [6, 6.07) is 14.5. The zero-order chi connectivity index (χ0) is 18.1. The normalized spacial score (nSPS) is 10.1. The molecule has 1 amide bonds. The lowest BCUT2D eigenvalue weighted by molar-refractivity contribution is -0.116. The van der Waals surface area contributed by atoms with E-state index in [1.807, 2.05) is 18.2 Å². The standard InChI is InChI=1S/C19H18Cl2N2O2/c20-15-8-6-14(18(21)12-15)7-9-19(24)23-16-4-3-5-17(13-16)25-11-2-1-10-22/h3-6,8,12-13H,1-2,7,9,11H2,(H,23,24). The van der Waals surface area contributed by atoms with Crippen LogP contribution in [0.3, 0.4) is 0 Å². The summed E-state index contributed by atoms with van der Waals surface area (Å²) in [5, 5.41) is 12.5. The number of halogens is 2. The van der Waals surface area contributed by atoms with Crippen LogP contribution >= 0.6 is 23.2 Å². The quantitative estimate of drug-likeness (QED) is 0.640. The second kappa shape index (κ2) is 9.93. The molecule has 0 atom stereocenters. The molecule has 0 aliphatic rings. The molecular weight excluding hydrogens is 359 g/mol. The van der Waals surface area contributed by atoms with Crippen LogP contribution in [0.1, 0.15) is 24.8 Å². The van der Waals surface area contributed by atoms with Gasteiger partial charge in [0, 0.05) is 34.6 Å². The zero-order valence-corrected chi connectivity index (χ0v) is 15.1. The van der Waals surface area contributed by atoms with Crippen LogP contribution in [-0.2, 0) is 11.2 Å². The molecule has 0 unspecified atom stereocenters. The highest BCUT2D eigenvalue weighted by Gasteiger charge is 2.07. The lowest BCUT2D eigenvalue weighted by atomic mass is 10.1. The highest BCUT2D eigenvalue weighted by molar-refractivity contribution is 6.35. The molecule has 2 aromatic carbocycles. The molecule has 0 spiro atoms. The number of nitrogens with one attached hydrogen (secondary N) is 1. The predicted molar refractivity (Wildman–Crippen MR) is 100 cm³/mol. The molecule has 0 bridgehead atoms. The number of nitriles is 1. The molecule has 0 aliphatic carbocycles. The van der Waals surface area contributed by atoms with Gasteiger partial charge >= 0.3 is 0 Å². The fraction of sp³-hybridized carbons (Fsp3) is 0.263. The van der Waals surface area contributed by atoms with Gasteiger partial charge in [-0.05, 0) is 42.7 Å². The minimum absolute atomic E-state index is 0.104. The third-order valence-corrected chi connectivity index (χ3v) is 4.04. The number of carbonyl (C=O) groups excluding carboxylic acids is 1. The van der Waals surface area contributed by atoms with Crippen molar-refractivity contribution in [3.63, 3.8) is 0 Å². The van der Waals surface area contributed by atoms with Gasteiger partial charge in [-0.1, -0.05) is 35.3 Å². The van der Waals surface area contributed by atoms with Crippen molar-refractivity contribution in [3.8, 4) is 11.8 Å². The Balaban J connectivity index is 1.84. The number of benzene rings is 2. The number of hydrogen-bond donors (Lipinski definition) is 1. The summed E-state index contributed by atoms with van der Waals surface area (Å²) in [5.41, 5.74) is 1.56. The van der Waals surface area contributed by atoms with Gasteiger partial charge in [-0.2, -0.15) is 5.26 Å². The molecule has 0 heterocycles. The summed E-state index contributed by atoms with van der Waals surface area (Å²) < 4.78 is 5.55. The average molecular weight is 377 g/mol. The fourth-order valence-corrected chi connectivity index (χ4v) is 2.70. The molecule has 4 nitrogen and oxygen atoms in total. The van der Waals surface area contributed by atoms with E-state index in [0.717, 1.165) is 5.56 Å². The first kappa shape index (κ1) is 19.1. The van der Waals surface area contributed by atoms with Gasteiger partial charge in [0.05, 0.1) is 12.7 Å². The van der Waals surface area contributed by atoms with Gasteiger partial charge in [0.2, 0.25) is 5.91 Å². The monoisotopic (exact) mass is 376 g/mol. The maximum atomic E-state index is 12.1. The number of carbonyl (C=O) groups is 1. The van der Waals surface area contributed by atoms with Crippen LogP contribution in [0.5, 0.6) is 5.75 Å². The molecular formula is C19H18Cl2N2O2. The largest absolute Gasteiger partial charge is 0.493 e. The van der Waals surface area contributed by atoms with Crippen molar-refractivity contribution < 1.29 is 9.53 Å². The number of amides is 1. The van der Waals surface area contributed by atoms with Crippen molar-refractivity contribution in [1.82, 2.24) is 0 Å². The molecule has 130 valence electrons. The van der Waals surface area contributed by atoms with Gasteiger partial charge in [-0.25, -0.2) is 0 Å². The third-order valence-electron chi connectivity index (χ3n) is 3.46. The van der Waals surface area contributed by atoms with Crippen molar-refractivity contribution in [3.05, 3.63) is 58.1 Å². The molecule has 2 rings (SSSR count). The van der Waals surface area contributed by atoms with Crippen LogP contribution in [-0.4, -0.2) is 12.5 Å². The summed E-state index contributed by atoms with van der Waals surface area (Å²) in [7, 11) is 0. The number of aryl methyl sites for hydroxylation is 1. The second-order valence-corrected chi connectivity index (χ2v) is 6.27. The van der Waals surface area contributed by atoms with Gasteiger partial charge in [0.15, 0.2) is 0 Å². The van der Waals surface area contributed by atoms with Crippen molar-refractivity contribution in [2.45, 2.75) is 25.7 Å². The van der Waals surface area contributed by atoms with E-state index in [1.54, 1.807) is 24.3 Å². The minimum Gasteiger partial charge on any atom is -0.493 e. The van der Waals surface area contributed by atoms with Gasteiger partial charge in [0.25, 0.3) is 0 Å². The van der Waals surface area contributed by atoms with Gasteiger partial charge in [-0.15, -0.1) is 0 Å². The van der Waals surface area contributed by atoms with E-state index in [1.165, 1.54) is 0 Å². The van der Waals surface area contributed by atoms with E-state index in [4.69, 9.17) is 33.2 Å². The van der Waals surface area contributed by atoms with Crippen LogP contribution in [0.25, 0.3) is 0 Å². The highest BCUT2D eigenvalue weighted by Crippen LogP contribution is 2.22. The third kappa shape index (κ3) is 6.66. The number of rotatable bonds is 8. The molecule has 0 saturated heterocycles. The first-order valence-electron chi connectivity index (χ1n) is 7.92. The number of nitrogens with zero attached hydrogens (tertiary/aromatic N) is 1. The Morgan fingerprint density at radius 2 is 2.04 bits per heavy atom. The summed E-state index contributed by atoms with van der Waals surface area (Å²) in [6.07, 6.45) is 1.99. The van der Waals surface area contributed by atoms with Gasteiger partial charge in [-0.3, -0.25) is 4.79 Å². The molecule has 0 saturated carbocycles. The number of ether oxygens (including phenoxy) is 1. The Labute approximate surface area is 157 Å². The minimum atomic E-state index is -0.104. The summed E-state index contributed by atoms with van der Waals surface area (Å²) in [4.78, 5) is 12.1. The van der Waals surface area contributed by atoms with Crippen molar-refractivity contribution in [2.75, 3.05) is 11.9 Å². The average Bonchev–Trinajstić information content (AvgIpc) is 2.58. The lowest BCUT2D eigenvalue weighted by Crippen LogP contribution is -2.12. The van der Waals surface area contributed by atoms with Crippen molar-refractivity contribution in [1.29, 1.82) is 5.26 Å². The Bertz CT molecular complexity index is 772. The Hall–Kier alpha value is -2.22. The molecule has 25 heavy (non-hydrogen) atoms. The highest BCUT2D eigenvalue weighted by atomic mass is 35.5. The van der Waals surface area contributed by atoms with Crippen LogP contribution in [0.2, 0.25) is 10.0 Å². The Kier molecular flexibility index (Phi) is 7.59. The number of unbranched alkanes of at least 4 members (excludes halogenated alkanes) is 1. The van der Waals surface area contributed by atoms with Crippen LogP contribution in [0.15, 0.2) is 42.5 Å². The maximum absolute atomic E-state index is 12.1. The van der Waals surface area contributed by atoms with Gasteiger partial charge < -0.3 is 10.1 Å². The van der Waals surface area contributed by atoms with E-state index in [2.05, 4.69) is 11.4 Å². The summed E-state index contributed by atoms with van der Waals surface area (Å²) >= 11 is 12.0. The van der Waals surface area contributed by atoms with E-state index < -0.39 is 0 Å². The molecule has 1 N–H and O–H groups in total. The summed E-state index contributed by atoms with van der Waals surface area (Å²) in [6.45, 7) is 0.472. The van der Waals surface area contributed by atoms with Gasteiger partial charge in [0.1, 0.15) is 5.75 Å². The lowest BCUT2D eigenvalue weighted by Gasteiger charge is -2.09. The SMILES string of the molecule is N#CCCCOc1cccc(NC(=O)CCc2ccc(Cl)cc2Cl)c1. The molecule has 2 aromatic rings. The van der Waals surface area contributed by atoms with Crippen LogP contribution in [0, 0.1) is 11.3 Å². The second-order valence-electron chi connectivity index (χ2n) is 5.42. The maximum Gasteiger partial charge on any atom is 0.224 e. The van der Waals surface area contributed by atoms with E-state index in [0.29, 0.717) is 53.8 Å². The van der Waals surface area contributed by atoms with E-state index in [9.17, 15) is 4.79 Å². The Morgan fingerprint density at radius 3 is 2.80 bits per heavy atom. The molecule has 0 aliphatic heterocycles. The first-order chi connectivity index (χ1) is 12.1. The van der Waals surface area contributed by atoms with E-state index >= 15 is 0 Å². The zero-order valence-electron chi connectivity index (χ0n) is 13.6.